The maximum Gasteiger partial charge on any atom is 0.220 e. The third kappa shape index (κ3) is 7.45. The van der Waals surface area contributed by atoms with Gasteiger partial charge in [-0.1, -0.05) is 26.0 Å². The smallest absolute Gasteiger partial charge is 0.220 e. The number of hydrogen-bond acceptors (Lipinski definition) is 3. The Labute approximate surface area is 157 Å². The van der Waals surface area contributed by atoms with Gasteiger partial charge in [0.25, 0.3) is 0 Å². The van der Waals surface area contributed by atoms with Crippen molar-refractivity contribution in [3.63, 3.8) is 0 Å². The van der Waals surface area contributed by atoms with Crippen molar-refractivity contribution in [3.05, 3.63) is 29.8 Å². The Balaban J connectivity index is 0.00000288. The minimum absolute atomic E-state index is 0. The van der Waals surface area contributed by atoms with Gasteiger partial charge in [0.1, 0.15) is 0 Å². The average Bonchev–Trinajstić information content (AvgIpc) is 2.54. The number of carbonyl (C=O) groups excluding carboxylic acids is 1. The van der Waals surface area contributed by atoms with Gasteiger partial charge in [-0.05, 0) is 62.9 Å². The number of amides is 1. The van der Waals surface area contributed by atoms with E-state index in [9.17, 15) is 4.79 Å². The van der Waals surface area contributed by atoms with Gasteiger partial charge in [-0.15, -0.1) is 24.2 Å². The van der Waals surface area contributed by atoms with Crippen molar-refractivity contribution in [1.82, 2.24) is 10.6 Å². The molecule has 1 aromatic rings. The molecule has 1 aromatic carbocycles. The van der Waals surface area contributed by atoms with Gasteiger partial charge in [0.15, 0.2) is 0 Å². The van der Waals surface area contributed by atoms with Gasteiger partial charge in [-0.2, -0.15) is 0 Å². The molecule has 0 saturated carbocycles. The lowest BCUT2D eigenvalue weighted by Crippen LogP contribution is -2.30. The summed E-state index contributed by atoms with van der Waals surface area (Å²) >= 11 is 1.86. The van der Waals surface area contributed by atoms with E-state index < -0.39 is 0 Å². The van der Waals surface area contributed by atoms with E-state index in [0.717, 1.165) is 19.5 Å². The molecule has 0 radical (unpaired) electrons. The zero-order chi connectivity index (χ0) is 16.7. The molecule has 0 bridgehead atoms. The highest BCUT2D eigenvalue weighted by molar-refractivity contribution is 7.99. The molecule has 1 atom stereocenters. The zero-order valence-corrected chi connectivity index (χ0v) is 16.6. The van der Waals surface area contributed by atoms with E-state index in [-0.39, 0.29) is 24.4 Å². The molecule has 1 unspecified atom stereocenters. The molecule has 24 heavy (non-hydrogen) atoms. The maximum absolute atomic E-state index is 12.2. The molecular weight excluding hydrogens is 340 g/mol. The largest absolute Gasteiger partial charge is 0.350 e. The Morgan fingerprint density at radius 3 is 2.42 bits per heavy atom. The van der Waals surface area contributed by atoms with Crippen molar-refractivity contribution < 1.29 is 4.79 Å². The van der Waals surface area contributed by atoms with Crippen molar-refractivity contribution in [2.75, 3.05) is 13.1 Å². The van der Waals surface area contributed by atoms with Gasteiger partial charge in [-0.3, -0.25) is 4.79 Å². The molecule has 5 heteroatoms. The van der Waals surface area contributed by atoms with Gasteiger partial charge in [0.05, 0.1) is 6.04 Å². The van der Waals surface area contributed by atoms with Crippen LogP contribution in [0.1, 0.15) is 58.1 Å². The monoisotopic (exact) mass is 370 g/mol. The highest BCUT2D eigenvalue weighted by Gasteiger charge is 2.15. The van der Waals surface area contributed by atoms with Crippen LogP contribution in [0.3, 0.4) is 0 Å². The summed E-state index contributed by atoms with van der Waals surface area (Å²) in [5.74, 6) is 0.890. The first-order chi connectivity index (χ1) is 11.0. The van der Waals surface area contributed by atoms with E-state index in [2.05, 4.69) is 55.7 Å². The van der Waals surface area contributed by atoms with Crippen molar-refractivity contribution >= 4 is 30.1 Å². The normalized spacial score (nSPS) is 16.5. The Morgan fingerprint density at radius 1 is 1.21 bits per heavy atom. The number of benzene rings is 1. The van der Waals surface area contributed by atoms with Crippen LogP contribution in [0.5, 0.6) is 0 Å². The van der Waals surface area contributed by atoms with Crippen LogP contribution in [-0.4, -0.2) is 24.2 Å². The summed E-state index contributed by atoms with van der Waals surface area (Å²) in [5, 5.41) is 7.10. The van der Waals surface area contributed by atoms with Crippen LogP contribution in [0.2, 0.25) is 0 Å². The van der Waals surface area contributed by atoms with Gasteiger partial charge in [0, 0.05) is 16.6 Å². The van der Waals surface area contributed by atoms with Crippen LogP contribution in [0, 0.1) is 5.92 Å². The quantitative estimate of drug-likeness (QED) is 0.691. The first-order valence-corrected chi connectivity index (χ1v) is 9.69. The van der Waals surface area contributed by atoms with Crippen LogP contribution < -0.4 is 10.6 Å². The number of hydrogen-bond donors (Lipinski definition) is 2. The summed E-state index contributed by atoms with van der Waals surface area (Å²) in [6.07, 6.45) is 4.08. The summed E-state index contributed by atoms with van der Waals surface area (Å²) in [4.78, 5) is 13.4. The molecule has 136 valence electrons. The predicted molar refractivity (Wildman–Crippen MR) is 106 cm³/mol. The maximum atomic E-state index is 12.2. The van der Waals surface area contributed by atoms with E-state index >= 15 is 0 Å². The third-order valence-corrected chi connectivity index (χ3v) is 5.38. The summed E-state index contributed by atoms with van der Waals surface area (Å²) in [7, 11) is 0. The Kier molecular flexibility index (Phi) is 9.79. The predicted octanol–water partition coefficient (Wildman–Crippen LogP) is 4.57. The van der Waals surface area contributed by atoms with Crippen molar-refractivity contribution in [1.29, 1.82) is 0 Å². The SMILES string of the molecule is CC(C)Sc1ccc(C(C)NC(=O)CCC2CCNCC2)cc1.Cl. The second-order valence-electron chi connectivity index (χ2n) is 6.76. The first kappa shape index (κ1) is 21.3. The average molecular weight is 371 g/mol. The van der Waals surface area contributed by atoms with Crippen LogP contribution in [0.25, 0.3) is 0 Å². The lowest BCUT2D eigenvalue weighted by Gasteiger charge is -2.22. The molecule has 0 aliphatic carbocycles. The first-order valence-electron chi connectivity index (χ1n) is 8.81. The van der Waals surface area contributed by atoms with E-state index in [1.807, 2.05) is 11.8 Å². The molecule has 2 N–H and O–H groups in total. The highest BCUT2D eigenvalue weighted by atomic mass is 35.5. The van der Waals surface area contributed by atoms with Gasteiger partial charge < -0.3 is 10.6 Å². The minimum atomic E-state index is 0. The highest BCUT2D eigenvalue weighted by Crippen LogP contribution is 2.24. The van der Waals surface area contributed by atoms with Crippen LogP contribution in [0.4, 0.5) is 0 Å². The second kappa shape index (κ2) is 11.0. The molecule has 1 heterocycles. The van der Waals surface area contributed by atoms with Crippen molar-refractivity contribution in [3.8, 4) is 0 Å². The summed E-state index contributed by atoms with van der Waals surface area (Å²) in [6.45, 7) is 8.66. The number of nitrogens with one attached hydrogen (secondary N) is 2. The number of piperidine rings is 1. The number of carbonyl (C=O) groups is 1. The molecule has 0 aromatic heterocycles. The van der Waals surface area contributed by atoms with Crippen molar-refractivity contribution in [2.45, 2.75) is 62.6 Å². The van der Waals surface area contributed by atoms with Crippen LogP contribution in [0.15, 0.2) is 29.2 Å². The third-order valence-electron chi connectivity index (χ3n) is 4.37. The van der Waals surface area contributed by atoms with E-state index in [0.29, 0.717) is 17.6 Å². The topological polar surface area (TPSA) is 41.1 Å². The molecule has 1 aliphatic heterocycles. The fraction of sp³-hybridized carbons (Fsp3) is 0.632. The lowest BCUT2D eigenvalue weighted by molar-refractivity contribution is -0.122. The molecule has 1 fully saturated rings. The molecule has 3 nitrogen and oxygen atoms in total. The number of thioether (sulfide) groups is 1. The lowest BCUT2D eigenvalue weighted by atomic mass is 9.93. The molecule has 1 amide bonds. The Bertz CT molecular complexity index is 487. The second-order valence-corrected chi connectivity index (χ2v) is 8.41. The minimum Gasteiger partial charge on any atom is -0.350 e. The summed E-state index contributed by atoms with van der Waals surface area (Å²) < 4.78 is 0. The molecule has 1 aliphatic rings. The zero-order valence-electron chi connectivity index (χ0n) is 15.0. The van der Waals surface area contributed by atoms with E-state index in [1.165, 1.54) is 23.3 Å². The molecule has 0 spiro atoms. The fourth-order valence-corrected chi connectivity index (χ4v) is 3.85. The van der Waals surface area contributed by atoms with E-state index in [1.54, 1.807) is 0 Å². The molecule has 2 rings (SSSR count). The molecule has 1 saturated heterocycles. The van der Waals surface area contributed by atoms with Crippen LogP contribution in [-0.2, 0) is 4.79 Å². The van der Waals surface area contributed by atoms with Crippen molar-refractivity contribution in [2.24, 2.45) is 5.92 Å². The Morgan fingerprint density at radius 2 is 1.83 bits per heavy atom. The summed E-state index contributed by atoms with van der Waals surface area (Å²) in [5.41, 5.74) is 1.17. The standard InChI is InChI=1S/C19H30N2OS.ClH/c1-14(2)23-18-7-5-17(6-8-18)15(3)21-19(22)9-4-16-10-12-20-13-11-16;/h5-8,14-16,20H,4,9-13H2,1-3H3,(H,21,22);1H. The number of rotatable bonds is 7. The van der Waals surface area contributed by atoms with Gasteiger partial charge in [0.2, 0.25) is 5.91 Å². The van der Waals surface area contributed by atoms with E-state index in [4.69, 9.17) is 0 Å². The van der Waals surface area contributed by atoms with Gasteiger partial charge >= 0.3 is 0 Å². The number of halogens is 1. The van der Waals surface area contributed by atoms with Crippen LogP contribution >= 0.6 is 24.2 Å². The fourth-order valence-electron chi connectivity index (χ4n) is 3.01. The summed E-state index contributed by atoms with van der Waals surface area (Å²) in [6, 6.07) is 8.63. The van der Waals surface area contributed by atoms with Gasteiger partial charge in [-0.25, -0.2) is 0 Å². The Hall–Kier alpha value is -0.710. The molecular formula is C19H31ClN2OS.